The van der Waals surface area contributed by atoms with Gasteiger partial charge in [-0.3, -0.25) is 4.98 Å². The van der Waals surface area contributed by atoms with E-state index in [1.807, 2.05) is 0 Å². The third-order valence-corrected chi connectivity index (χ3v) is 6.22. The third kappa shape index (κ3) is 3.09. The van der Waals surface area contributed by atoms with Crippen molar-refractivity contribution in [1.29, 1.82) is 0 Å². The molecule has 0 radical (unpaired) electrons. The summed E-state index contributed by atoms with van der Waals surface area (Å²) in [4.78, 5) is 5.08. The fourth-order valence-electron chi connectivity index (χ4n) is 4.76. The second kappa shape index (κ2) is 7.55. The van der Waals surface area contributed by atoms with E-state index in [4.69, 9.17) is 9.72 Å². The van der Waals surface area contributed by atoms with Crippen LogP contribution in [0.4, 0.5) is 0 Å². The number of aryl methyl sites for hydroxylation is 3. The lowest BCUT2D eigenvalue weighted by molar-refractivity contribution is 0.414. The topological polar surface area (TPSA) is 27.1 Å². The van der Waals surface area contributed by atoms with Crippen molar-refractivity contribution in [3.8, 4) is 16.9 Å². The predicted molar refractivity (Wildman–Crippen MR) is 123 cm³/mol. The van der Waals surface area contributed by atoms with Crippen LogP contribution in [0.25, 0.3) is 32.9 Å². The summed E-state index contributed by atoms with van der Waals surface area (Å²) in [7, 11) is 1.72. The van der Waals surface area contributed by atoms with Gasteiger partial charge < -0.3 is 9.30 Å². The molecule has 0 saturated heterocycles. The first kappa shape index (κ1) is 19.5. The number of pyridine rings is 1. The number of benzene rings is 2. The monoisotopic (exact) mass is 386 g/mol. The van der Waals surface area contributed by atoms with Gasteiger partial charge in [0.1, 0.15) is 5.75 Å². The van der Waals surface area contributed by atoms with Gasteiger partial charge in [0.25, 0.3) is 0 Å². The van der Waals surface area contributed by atoms with Crippen molar-refractivity contribution >= 4 is 21.8 Å². The lowest BCUT2D eigenvalue weighted by Gasteiger charge is -2.19. The maximum Gasteiger partial charge on any atom is 0.119 e. The molecule has 150 valence electrons. The highest BCUT2D eigenvalue weighted by Gasteiger charge is 2.18. The Morgan fingerprint density at radius 3 is 2.28 bits per heavy atom. The maximum atomic E-state index is 5.47. The number of para-hydroxylation sites is 1. The van der Waals surface area contributed by atoms with E-state index >= 15 is 0 Å². The molecule has 0 atom stereocenters. The zero-order valence-electron chi connectivity index (χ0n) is 18.3. The molecule has 3 nitrogen and oxygen atoms in total. The maximum absolute atomic E-state index is 5.47. The van der Waals surface area contributed by atoms with Crippen LogP contribution < -0.4 is 4.74 Å². The average Bonchev–Trinajstić information content (AvgIpc) is 3.15. The van der Waals surface area contributed by atoms with E-state index in [-0.39, 0.29) is 0 Å². The van der Waals surface area contributed by atoms with Crippen molar-refractivity contribution in [2.24, 2.45) is 0 Å². The first-order valence-corrected chi connectivity index (χ1v) is 10.6. The molecule has 3 heteroatoms. The quantitative estimate of drug-likeness (QED) is 0.364. The Labute approximate surface area is 173 Å². The van der Waals surface area contributed by atoms with Gasteiger partial charge in [0.15, 0.2) is 0 Å². The van der Waals surface area contributed by atoms with Crippen LogP contribution in [0.2, 0.25) is 0 Å². The molecule has 4 rings (SSSR count). The zero-order valence-corrected chi connectivity index (χ0v) is 18.3. The lowest BCUT2D eigenvalue weighted by Crippen LogP contribution is -2.06. The van der Waals surface area contributed by atoms with Gasteiger partial charge in [0.05, 0.1) is 18.1 Å². The molecule has 0 saturated carbocycles. The highest BCUT2D eigenvalue weighted by Crippen LogP contribution is 2.38. The number of hydrogen-bond donors (Lipinski definition) is 0. The summed E-state index contributed by atoms with van der Waals surface area (Å²) in [6.07, 6.45) is 4.49. The van der Waals surface area contributed by atoms with Crippen molar-refractivity contribution in [3.63, 3.8) is 0 Å². The van der Waals surface area contributed by atoms with E-state index in [9.17, 15) is 0 Å². The Kier molecular flexibility index (Phi) is 5.08. The van der Waals surface area contributed by atoms with Crippen LogP contribution in [0.1, 0.15) is 49.6 Å². The Hall–Kier alpha value is -2.81. The second-order valence-electron chi connectivity index (χ2n) is 7.99. The summed E-state index contributed by atoms with van der Waals surface area (Å²) in [5.74, 6) is 0.901. The van der Waals surface area contributed by atoms with E-state index in [0.717, 1.165) is 29.8 Å². The van der Waals surface area contributed by atoms with Crippen molar-refractivity contribution in [3.05, 3.63) is 59.4 Å². The van der Waals surface area contributed by atoms with E-state index in [1.165, 1.54) is 38.5 Å². The van der Waals surface area contributed by atoms with Crippen molar-refractivity contribution in [2.75, 3.05) is 7.11 Å². The van der Waals surface area contributed by atoms with E-state index in [2.05, 4.69) is 81.8 Å². The number of aromatic nitrogens is 2. The molecule has 0 amide bonds. The molecule has 29 heavy (non-hydrogen) atoms. The molecule has 0 aliphatic heterocycles. The van der Waals surface area contributed by atoms with Gasteiger partial charge in [-0.2, -0.15) is 0 Å². The fourth-order valence-corrected chi connectivity index (χ4v) is 4.76. The second-order valence-corrected chi connectivity index (χ2v) is 7.99. The van der Waals surface area contributed by atoms with E-state index < -0.39 is 0 Å². The van der Waals surface area contributed by atoms with Crippen LogP contribution in [-0.2, 0) is 0 Å². The Bertz CT molecular complexity index is 1180. The Morgan fingerprint density at radius 2 is 1.66 bits per heavy atom. The molecule has 0 N–H and O–H groups in total. The number of rotatable bonds is 5. The van der Waals surface area contributed by atoms with E-state index in [0.29, 0.717) is 6.04 Å². The van der Waals surface area contributed by atoms with Gasteiger partial charge in [0, 0.05) is 34.3 Å². The number of fused-ring (bicyclic) bond motifs is 3. The minimum atomic E-state index is 0.505. The third-order valence-electron chi connectivity index (χ3n) is 6.22. The fraction of sp³-hybridized carbons (Fsp3) is 0.346. The normalized spacial score (nSPS) is 11.7. The van der Waals surface area contributed by atoms with Crippen molar-refractivity contribution in [2.45, 2.75) is 53.5 Å². The SMILES string of the molecule is CCC(CC)n1ccc2c(C)nc3c(-c4c(C)cc(OC)cc4C)cccc3c21. The summed E-state index contributed by atoms with van der Waals surface area (Å²) >= 11 is 0. The van der Waals surface area contributed by atoms with Crippen LogP contribution in [0.5, 0.6) is 5.75 Å². The van der Waals surface area contributed by atoms with Crippen LogP contribution in [0.3, 0.4) is 0 Å². The molecule has 2 aromatic heterocycles. The summed E-state index contributed by atoms with van der Waals surface area (Å²) < 4.78 is 7.93. The van der Waals surface area contributed by atoms with Gasteiger partial charge in [-0.25, -0.2) is 0 Å². The summed E-state index contributed by atoms with van der Waals surface area (Å²) in [6, 6.07) is 13.5. The van der Waals surface area contributed by atoms with Crippen molar-refractivity contribution < 1.29 is 4.74 Å². The Morgan fingerprint density at radius 1 is 0.966 bits per heavy atom. The molecule has 0 aliphatic rings. The molecule has 0 spiro atoms. The minimum Gasteiger partial charge on any atom is -0.497 e. The molecular formula is C26H30N2O. The van der Waals surface area contributed by atoms with Crippen molar-refractivity contribution in [1.82, 2.24) is 9.55 Å². The van der Waals surface area contributed by atoms with Crippen LogP contribution in [0, 0.1) is 20.8 Å². The van der Waals surface area contributed by atoms with Gasteiger partial charge >= 0.3 is 0 Å². The van der Waals surface area contributed by atoms with Gasteiger partial charge in [-0.15, -0.1) is 0 Å². The number of nitrogens with zero attached hydrogens (tertiary/aromatic N) is 2. The summed E-state index contributed by atoms with van der Waals surface area (Å²) in [5, 5.41) is 2.49. The molecular weight excluding hydrogens is 356 g/mol. The Balaban J connectivity index is 2.08. The van der Waals surface area contributed by atoms with Crippen LogP contribution >= 0.6 is 0 Å². The number of ether oxygens (including phenoxy) is 1. The highest BCUT2D eigenvalue weighted by atomic mass is 16.5. The van der Waals surface area contributed by atoms with Crippen LogP contribution in [0.15, 0.2) is 42.6 Å². The highest BCUT2D eigenvalue weighted by molar-refractivity contribution is 6.10. The standard InChI is InChI=1S/C26H30N2O/c1-7-19(8-2)28-13-12-21-18(5)27-25-22(10-9-11-23(25)26(21)28)24-16(3)14-20(29-6)15-17(24)4/h9-15,19H,7-8H2,1-6H3. The van der Waals surface area contributed by atoms with Gasteiger partial charge in [0.2, 0.25) is 0 Å². The van der Waals surface area contributed by atoms with Crippen LogP contribution in [-0.4, -0.2) is 16.7 Å². The summed E-state index contributed by atoms with van der Waals surface area (Å²) in [5.41, 5.74) is 8.36. The molecule has 0 aliphatic carbocycles. The summed E-state index contributed by atoms with van der Waals surface area (Å²) in [6.45, 7) is 11.0. The van der Waals surface area contributed by atoms with Gasteiger partial charge in [-0.1, -0.05) is 32.0 Å². The smallest absolute Gasteiger partial charge is 0.119 e. The zero-order chi connectivity index (χ0) is 20.7. The van der Waals surface area contributed by atoms with E-state index in [1.54, 1.807) is 7.11 Å². The first-order valence-electron chi connectivity index (χ1n) is 10.6. The predicted octanol–water partition coefficient (Wildman–Crippen LogP) is 7.15. The average molecular weight is 387 g/mol. The molecule has 2 heterocycles. The number of hydrogen-bond acceptors (Lipinski definition) is 2. The molecule has 0 bridgehead atoms. The molecule has 0 unspecified atom stereocenters. The number of methoxy groups -OCH3 is 1. The lowest BCUT2D eigenvalue weighted by atomic mass is 9.93. The largest absolute Gasteiger partial charge is 0.497 e. The molecule has 2 aromatic carbocycles. The minimum absolute atomic E-state index is 0.505. The first-order chi connectivity index (χ1) is 14.0. The molecule has 0 fully saturated rings. The van der Waals surface area contributed by atoms with Gasteiger partial charge in [-0.05, 0) is 68.5 Å². The molecule has 4 aromatic rings.